The van der Waals surface area contributed by atoms with Crippen LogP contribution >= 0.6 is 0 Å². The Kier molecular flexibility index (Phi) is 5.26. The van der Waals surface area contributed by atoms with E-state index in [0.717, 1.165) is 6.54 Å². The maximum atomic E-state index is 12.8. The van der Waals surface area contributed by atoms with Gasteiger partial charge < -0.3 is 10.1 Å². The van der Waals surface area contributed by atoms with Crippen molar-refractivity contribution in [2.24, 2.45) is 5.92 Å². The van der Waals surface area contributed by atoms with Gasteiger partial charge in [0.1, 0.15) is 18.2 Å². The van der Waals surface area contributed by atoms with Crippen LogP contribution in [0.5, 0.6) is 5.75 Å². The second-order valence-electron chi connectivity index (χ2n) is 4.29. The molecule has 1 N–H and O–H groups in total. The third-order valence-corrected chi connectivity index (χ3v) is 2.63. The van der Waals surface area contributed by atoms with Crippen LogP contribution in [-0.2, 0) is 0 Å². The van der Waals surface area contributed by atoms with Crippen LogP contribution in [0.15, 0.2) is 24.3 Å². The van der Waals surface area contributed by atoms with E-state index in [0.29, 0.717) is 24.3 Å². The summed E-state index contributed by atoms with van der Waals surface area (Å²) in [6.45, 7) is 7.82. The molecule has 1 aromatic rings. The molecule has 1 aromatic carbocycles. The number of nitrogens with one attached hydrogen (secondary N) is 1. The minimum absolute atomic E-state index is 0.263. The van der Waals surface area contributed by atoms with Crippen LogP contribution in [0.1, 0.15) is 20.8 Å². The van der Waals surface area contributed by atoms with E-state index in [-0.39, 0.29) is 5.82 Å². The number of ether oxygens (including phenoxy) is 1. The van der Waals surface area contributed by atoms with E-state index in [9.17, 15) is 4.39 Å². The molecule has 0 saturated heterocycles. The molecule has 0 aliphatic heterocycles. The Labute approximate surface area is 96.8 Å². The average Bonchev–Trinajstić information content (AvgIpc) is 2.24. The second kappa shape index (κ2) is 6.48. The number of hydrogen-bond acceptors (Lipinski definition) is 2. The Morgan fingerprint density at radius 1 is 1.31 bits per heavy atom. The first-order chi connectivity index (χ1) is 7.59. The lowest BCUT2D eigenvalue weighted by Gasteiger charge is -2.17. The number of halogens is 1. The monoisotopic (exact) mass is 225 g/mol. The van der Waals surface area contributed by atoms with E-state index in [1.54, 1.807) is 12.1 Å². The fourth-order valence-electron chi connectivity index (χ4n) is 1.25. The van der Waals surface area contributed by atoms with Gasteiger partial charge in [-0.15, -0.1) is 0 Å². The molecule has 0 aliphatic carbocycles. The van der Waals surface area contributed by atoms with Gasteiger partial charge in [0.25, 0.3) is 0 Å². The summed E-state index contributed by atoms with van der Waals surface area (Å²) < 4.78 is 18.2. The Balaban J connectivity index is 2.21. The van der Waals surface area contributed by atoms with Gasteiger partial charge in [-0.05, 0) is 25.0 Å². The zero-order valence-corrected chi connectivity index (χ0v) is 10.2. The molecule has 3 heteroatoms. The SMILES string of the molecule is CC(C)C(C)NCCOc1cccc(F)c1. The Morgan fingerprint density at radius 2 is 2.06 bits per heavy atom. The molecule has 0 heterocycles. The predicted octanol–water partition coefficient (Wildman–Crippen LogP) is 2.84. The van der Waals surface area contributed by atoms with Gasteiger partial charge in [-0.3, -0.25) is 0 Å². The summed E-state index contributed by atoms with van der Waals surface area (Å²) in [7, 11) is 0. The zero-order valence-electron chi connectivity index (χ0n) is 10.2. The third-order valence-electron chi connectivity index (χ3n) is 2.63. The average molecular weight is 225 g/mol. The molecule has 1 atom stereocenters. The molecule has 0 radical (unpaired) electrons. The molecule has 0 fully saturated rings. The lowest BCUT2D eigenvalue weighted by Crippen LogP contribution is -2.33. The topological polar surface area (TPSA) is 21.3 Å². The van der Waals surface area contributed by atoms with Gasteiger partial charge in [0.05, 0.1) is 0 Å². The number of benzene rings is 1. The predicted molar refractivity (Wildman–Crippen MR) is 64.2 cm³/mol. The minimum atomic E-state index is -0.263. The van der Waals surface area contributed by atoms with Gasteiger partial charge in [0.2, 0.25) is 0 Å². The molecule has 0 aromatic heterocycles. The molecular formula is C13H20FNO. The number of hydrogen-bond donors (Lipinski definition) is 1. The highest BCUT2D eigenvalue weighted by atomic mass is 19.1. The van der Waals surface area contributed by atoms with Crippen molar-refractivity contribution in [1.82, 2.24) is 5.32 Å². The smallest absolute Gasteiger partial charge is 0.126 e. The molecule has 2 nitrogen and oxygen atoms in total. The van der Waals surface area contributed by atoms with E-state index in [4.69, 9.17) is 4.74 Å². The fourth-order valence-corrected chi connectivity index (χ4v) is 1.25. The molecule has 0 spiro atoms. The summed E-state index contributed by atoms with van der Waals surface area (Å²) in [4.78, 5) is 0. The van der Waals surface area contributed by atoms with Gasteiger partial charge >= 0.3 is 0 Å². The van der Waals surface area contributed by atoms with Crippen molar-refractivity contribution >= 4 is 0 Å². The largest absolute Gasteiger partial charge is 0.492 e. The van der Waals surface area contributed by atoms with E-state index >= 15 is 0 Å². The van der Waals surface area contributed by atoms with E-state index in [2.05, 4.69) is 26.1 Å². The van der Waals surface area contributed by atoms with E-state index in [1.165, 1.54) is 12.1 Å². The first-order valence-electron chi connectivity index (χ1n) is 5.71. The third kappa shape index (κ3) is 4.62. The molecular weight excluding hydrogens is 205 g/mol. The second-order valence-corrected chi connectivity index (χ2v) is 4.29. The van der Waals surface area contributed by atoms with Crippen molar-refractivity contribution in [3.05, 3.63) is 30.1 Å². The van der Waals surface area contributed by atoms with Crippen LogP contribution in [0, 0.1) is 11.7 Å². The minimum Gasteiger partial charge on any atom is -0.492 e. The first-order valence-corrected chi connectivity index (χ1v) is 5.71. The zero-order chi connectivity index (χ0) is 12.0. The molecule has 0 aliphatic rings. The lowest BCUT2D eigenvalue weighted by atomic mass is 10.1. The van der Waals surface area contributed by atoms with Crippen molar-refractivity contribution in [1.29, 1.82) is 0 Å². The molecule has 0 saturated carbocycles. The summed E-state index contributed by atoms with van der Waals surface area (Å²) in [5.41, 5.74) is 0. The summed E-state index contributed by atoms with van der Waals surface area (Å²) in [5.74, 6) is 0.925. The highest BCUT2D eigenvalue weighted by Gasteiger charge is 2.04. The van der Waals surface area contributed by atoms with Crippen LogP contribution in [0.2, 0.25) is 0 Å². The van der Waals surface area contributed by atoms with Crippen LogP contribution in [0.4, 0.5) is 4.39 Å². The molecule has 16 heavy (non-hydrogen) atoms. The van der Waals surface area contributed by atoms with Gasteiger partial charge in [-0.1, -0.05) is 19.9 Å². The normalized spacial score (nSPS) is 12.8. The first kappa shape index (κ1) is 13.0. The van der Waals surface area contributed by atoms with Crippen LogP contribution in [0.25, 0.3) is 0 Å². The van der Waals surface area contributed by atoms with Crippen LogP contribution in [0.3, 0.4) is 0 Å². The lowest BCUT2D eigenvalue weighted by molar-refractivity contribution is 0.295. The van der Waals surface area contributed by atoms with E-state index in [1.807, 2.05) is 0 Å². The summed E-state index contributed by atoms with van der Waals surface area (Å²) in [5, 5.41) is 3.35. The van der Waals surface area contributed by atoms with Crippen LogP contribution in [-0.4, -0.2) is 19.2 Å². The summed E-state index contributed by atoms with van der Waals surface area (Å²) in [6.07, 6.45) is 0. The van der Waals surface area contributed by atoms with Crippen molar-refractivity contribution < 1.29 is 9.13 Å². The summed E-state index contributed by atoms with van der Waals surface area (Å²) >= 11 is 0. The highest BCUT2D eigenvalue weighted by Crippen LogP contribution is 2.11. The highest BCUT2D eigenvalue weighted by molar-refractivity contribution is 5.22. The molecule has 0 amide bonds. The fraction of sp³-hybridized carbons (Fsp3) is 0.538. The Hall–Kier alpha value is -1.09. The Bertz CT molecular complexity index is 315. The Morgan fingerprint density at radius 3 is 2.69 bits per heavy atom. The van der Waals surface area contributed by atoms with Gasteiger partial charge in [-0.2, -0.15) is 0 Å². The van der Waals surface area contributed by atoms with Gasteiger partial charge in [0.15, 0.2) is 0 Å². The summed E-state index contributed by atoms with van der Waals surface area (Å²) in [6, 6.07) is 6.68. The van der Waals surface area contributed by atoms with Gasteiger partial charge in [0, 0.05) is 18.7 Å². The number of rotatable bonds is 6. The standard InChI is InChI=1S/C13H20FNO/c1-10(2)11(3)15-7-8-16-13-6-4-5-12(14)9-13/h4-6,9-11,15H,7-8H2,1-3H3. The molecule has 0 bridgehead atoms. The van der Waals surface area contributed by atoms with Crippen molar-refractivity contribution in [2.45, 2.75) is 26.8 Å². The molecule has 1 unspecified atom stereocenters. The van der Waals surface area contributed by atoms with Crippen LogP contribution < -0.4 is 10.1 Å². The van der Waals surface area contributed by atoms with Crippen molar-refractivity contribution in [3.8, 4) is 5.75 Å². The van der Waals surface area contributed by atoms with Crippen molar-refractivity contribution in [3.63, 3.8) is 0 Å². The maximum Gasteiger partial charge on any atom is 0.126 e. The molecule has 90 valence electrons. The van der Waals surface area contributed by atoms with Crippen molar-refractivity contribution in [2.75, 3.05) is 13.2 Å². The quantitative estimate of drug-likeness (QED) is 0.752. The maximum absolute atomic E-state index is 12.8. The van der Waals surface area contributed by atoms with Gasteiger partial charge in [-0.25, -0.2) is 4.39 Å². The van der Waals surface area contributed by atoms with E-state index < -0.39 is 0 Å². The molecule has 1 rings (SSSR count).